The van der Waals surface area contributed by atoms with Crippen molar-refractivity contribution in [2.24, 2.45) is 5.41 Å². The van der Waals surface area contributed by atoms with E-state index in [1.54, 1.807) is 0 Å². The van der Waals surface area contributed by atoms with E-state index in [2.05, 4.69) is 29.6 Å². The summed E-state index contributed by atoms with van der Waals surface area (Å²) in [5.41, 5.74) is 1.09. The minimum absolute atomic E-state index is 0.193. The average Bonchev–Trinajstić information content (AvgIpc) is 2.24. The van der Waals surface area contributed by atoms with Crippen molar-refractivity contribution >= 4 is 6.09 Å². The van der Waals surface area contributed by atoms with Gasteiger partial charge in [0.2, 0.25) is 0 Å². The first-order valence-electron chi connectivity index (χ1n) is 7.16. The molecular weight excluding hydrogens is 252 g/mol. The molecule has 1 N–H and O–H groups in total. The maximum atomic E-state index is 12.0. The monoisotopic (exact) mass is 274 g/mol. The summed E-state index contributed by atoms with van der Waals surface area (Å²) in [5, 5.41) is 3.48. The number of amides is 1. The summed E-state index contributed by atoms with van der Waals surface area (Å²) in [6, 6.07) is 10.8. The highest BCUT2D eigenvalue weighted by Crippen LogP contribution is 2.48. The van der Waals surface area contributed by atoms with Crippen LogP contribution in [0.4, 0.5) is 4.79 Å². The molecule has 1 atom stereocenters. The predicted molar refractivity (Wildman–Crippen MR) is 77.4 cm³/mol. The van der Waals surface area contributed by atoms with Gasteiger partial charge in [-0.05, 0) is 26.3 Å². The molecular formula is C16H22N2O2. The Morgan fingerprint density at radius 1 is 1.30 bits per heavy atom. The number of hydrogen-bond acceptors (Lipinski definition) is 3. The van der Waals surface area contributed by atoms with Gasteiger partial charge < -0.3 is 15.0 Å². The molecule has 2 heterocycles. The molecule has 0 saturated carbocycles. The van der Waals surface area contributed by atoms with Gasteiger partial charge in [-0.2, -0.15) is 0 Å². The van der Waals surface area contributed by atoms with Gasteiger partial charge in [0.1, 0.15) is 5.60 Å². The Labute approximate surface area is 120 Å². The number of nitrogens with zero attached hydrogens (tertiary/aromatic N) is 1. The van der Waals surface area contributed by atoms with Gasteiger partial charge in [-0.25, -0.2) is 4.79 Å². The lowest BCUT2D eigenvalue weighted by Gasteiger charge is -2.60. The van der Waals surface area contributed by atoms with E-state index in [4.69, 9.17) is 4.74 Å². The van der Waals surface area contributed by atoms with Gasteiger partial charge in [0, 0.05) is 31.1 Å². The average molecular weight is 274 g/mol. The van der Waals surface area contributed by atoms with Gasteiger partial charge in [0.15, 0.2) is 0 Å². The third kappa shape index (κ3) is 2.29. The van der Waals surface area contributed by atoms with Crippen molar-refractivity contribution < 1.29 is 9.53 Å². The van der Waals surface area contributed by atoms with Gasteiger partial charge >= 0.3 is 6.09 Å². The van der Waals surface area contributed by atoms with E-state index >= 15 is 0 Å². The topological polar surface area (TPSA) is 41.6 Å². The molecule has 2 aliphatic heterocycles. The van der Waals surface area contributed by atoms with E-state index < -0.39 is 5.60 Å². The van der Waals surface area contributed by atoms with E-state index in [9.17, 15) is 4.79 Å². The molecule has 4 heteroatoms. The normalized spacial score (nSPS) is 23.9. The van der Waals surface area contributed by atoms with E-state index in [-0.39, 0.29) is 11.5 Å². The Morgan fingerprint density at radius 2 is 1.95 bits per heavy atom. The number of nitrogens with one attached hydrogen (secondary N) is 1. The van der Waals surface area contributed by atoms with Crippen molar-refractivity contribution in [3.8, 4) is 0 Å². The largest absolute Gasteiger partial charge is 0.444 e. The lowest BCUT2D eigenvalue weighted by molar-refractivity contribution is -0.0854. The minimum Gasteiger partial charge on any atom is -0.444 e. The second-order valence-electron chi connectivity index (χ2n) is 6.92. The zero-order valence-electron chi connectivity index (χ0n) is 12.3. The summed E-state index contributed by atoms with van der Waals surface area (Å²) < 4.78 is 5.41. The molecule has 1 aromatic carbocycles. The molecule has 4 nitrogen and oxygen atoms in total. The number of carbonyl (C=O) groups is 1. The number of benzene rings is 1. The third-order valence-corrected chi connectivity index (χ3v) is 4.07. The van der Waals surface area contributed by atoms with Crippen LogP contribution in [0, 0.1) is 5.41 Å². The van der Waals surface area contributed by atoms with Crippen LogP contribution in [0.2, 0.25) is 0 Å². The molecule has 0 aliphatic carbocycles. The van der Waals surface area contributed by atoms with Crippen LogP contribution in [0.25, 0.3) is 0 Å². The molecule has 1 unspecified atom stereocenters. The Balaban J connectivity index is 1.61. The molecule has 20 heavy (non-hydrogen) atoms. The van der Waals surface area contributed by atoms with Crippen molar-refractivity contribution in [2.75, 3.05) is 19.6 Å². The van der Waals surface area contributed by atoms with Gasteiger partial charge in [0.25, 0.3) is 0 Å². The van der Waals surface area contributed by atoms with Gasteiger partial charge in [-0.3, -0.25) is 0 Å². The molecule has 2 aliphatic rings. The lowest BCUT2D eigenvalue weighted by atomic mass is 9.65. The number of ether oxygens (including phenoxy) is 1. The quantitative estimate of drug-likeness (QED) is 0.855. The van der Waals surface area contributed by atoms with Crippen molar-refractivity contribution in [3.05, 3.63) is 35.9 Å². The van der Waals surface area contributed by atoms with Crippen LogP contribution < -0.4 is 5.32 Å². The summed E-state index contributed by atoms with van der Waals surface area (Å²) in [7, 11) is 0. The summed E-state index contributed by atoms with van der Waals surface area (Å²) in [5.74, 6) is 0. The maximum absolute atomic E-state index is 12.0. The molecule has 1 spiro atoms. The second-order valence-corrected chi connectivity index (χ2v) is 6.92. The molecule has 108 valence electrons. The molecule has 0 radical (unpaired) electrons. The molecule has 1 amide bonds. The lowest BCUT2D eigenvalue weighted by Crippen LogP contribution is -2.73. The van der Waals surface area contributed by atoms with E-state index in [0.29, 0.717) is 6.04 Å². The molecule has 1 aromatic rings. The smallest absolute Gasteiger partial charge is 0.410 e. The molecule has 0 bridgehead atoms. The summed E-state index contributed by atoms with van der Waals surface area (Å²) in [6.45, 7) is 8.25. The van der Waals surface area contributed by atoms with Crippen molar-refractivity contribution in [2.45, 2.75) is 32.4 Å². The Hall–Kier alpha value is -1.55. The molecule has 2 fully saturated rings. The molecule has 0 aromatic heterocycles. The number of carbonyl (C=O) groups excluding carboxylic acids is 1. The third-order valence-electron chi connectivity index (χ3n) is 4.07. The van der Waals surface area contributed by atoms with Crippen molar-refractivity contribution in [1.29, 1.82) is 0 Å². The highest BCUT2D eigenvalue weighted by molar-refractivity contribution is 5.69. The molecule has 3 rings (SSSR count). The summed E-state index contributed by atoms with van der Waals surface area (Å²) in [6.07, 6.45) is -0.193. The standard InChI is InChI=1S/C16H22N2O2/c1-15(2,3)20-14(19)18-10-16(11-18)9-17-13(16)12-7-5-4-6-8-12/h4-8,13,17H,9-11H2,1-3H3. The Kier molecular flexibility index (Phi) is 3.01. The number of hydrogen-bond donors (Lipinski definition) is 1. The predicted octanol–water partition coefficient (Wildman–Crippen LogP) is 2.57. The first-order valence-corrected chi connectivity index (χ1v) is 7.16. The van der Waals surface area contributed by atoms with Gasteiger partial charge in [-0.15, -0.1) is 0 Å². The number of rotatable bonds is 1. The fourth-order valence-corrected chi connectivity index (χ4v) is 3.07. The second kappa shape index (κ2) is 4.48. The fourth-order valence-electron chi connectivity index (χ4n) is 3.07. The van der Waals surface area contributed by atoms with Crippen LogP contribution >= 0.6 is 0 Å². The van der Waals surface area contributed by atoms with E-state index in [0.717, 1.165) is 19.6 Å². The Bertz CT molecular complexity index is 501. The zero-order valence-corrected chi connectivity index (χ0v) is 12.3. The highest BCUT2D eigenvalue weighted by Gasteiger charge is 2.57. The van der Waals surface area contributed by atoms with Gasteiger partial charge in [-0.1, -0.05) is 30.3 Å². The van der Waals surface area contributed by atoms with Crippen molar-refractivity contribution in [3.63, 3.8) is 0 Å². The van der Waals surface area contributed by atoms with E-state index in [1.807, 2.05) is 31.7 Å². The van der Waals surface area contributed by atoms with Crippen LogP contribution in [0.5, 0.6) is 0 Å². The fraction of sp³-hybridized carbons (Fsp3) is 0.562. The first kappa shape index (κ1) is 13.4. The summed E-state index contributed by atoms with van der Waals surface area (Å²) >= 11 is 0. The highest BCUT2D eigenvalue weighted by atomic mass is 16.6. The van der Waals surface area contributed by atoms with Crippen molar-refractivity contribution in [1.82, 2.24) is 10.2 Å². The summed E-state index contributed by atoms with van der Waals surface area (Å²) in [4.78, 5) is 13.8. The van der Waals surface area contributed by atoms with Gasteiger partial charge in [0.05, 0.1) is 0 Å². The zero-order chi connectivity index (χ0) is 14.4. The first-order chi connectivity index (χ1) is 9.40. The minimum atomic E-state index is -0.420. The van der Waals surface area contributed by atoms with Crippen LogP contribution in [0.3, 0.4) is 0 Å². The Morgan fingerprint density at radius 3 is 2.45 bits per heavy atom. The maximum Gasteiger partial charge on any atom is 0.410 e. The van der Waals surface area contributed by atoms with Crippen LogP contribution in [-0.4, -0.2) is 36.2 Å². The molecule has 2 saturated heterocycles. The van der Waals surface area contributed by atoms with E-state index in [1.165, 1.54) is 5.56 Å². The number of likely N-dealkylation sites (tertiary alicyclic amines) is 1. The van der Waals surface area contributed by atoms with Crippen LogP contribution in [0.1, 0.15) is 32.4 Å². The van der Waals surface area contributed by atoms with Crippen LogP contribution in [0.15, 0.2) is 30.3 Å². The van der Waals surface area contributed by atoms with Crippen LogP contribution in [-0.2, 0) is 4.74 Å². The SMILES string of the molecule is CC(C)(C)OC(=O)N1CC2(CNC2c2ccccc2)C1.